The fraction of sp³-hybridized carbons (Fsp3) is 0.417. The number of hydrogen-bond acceptors (Lipinski definition) is 5. The van der Waals surface area contributed by atoms with E-state index in [1.165, 1.54) is 12.8 Å². The third-order valence-corrected chi connectivity index (χ3v) is 6.06. The molecule has 1 aliphatic carbocycles. The number of para-hydroxylation sites is 1. The van der Waals surface area contributed by atoms with Crippen LogP contribution >= 0.6 is 0 Å². The number of amides is 1. The fourth-order valence-corrected chi connectivity index (χ4v) is 4.23. The Labute approximate surface area is 181 Å². The summed E-state index contributed by atoms with van der Waals surface area (Å²) in [6.07, 6.45) is 4.22. The molecule has 7 nitrogen and oxygen atoms in total. The highest BCUT2D eigenvalue weighted by Gasteiger charge is 2.51. The molecule has 2 aliphatic rings. The number of fused-ring (bicyclic) bond motifs is 1. The largest absolute Gasteiger partial charge is 0.417 e. The Bertz CT molecular complexity index is 1080. The number of likely N-dealkylation sites (tertiary alicyclic amines) is 1. The molecule has 31 heavy (non-hydrogen) atoms. The van der Waals surface area contributed by atoms with Gasteiger partial charge in [-0.3, -0.25) is 9.78 Å². The Morgan fingerprint density at radius 3 is 2.52 bits per heavy atom. The third-order valence-electron chi connectivity index (χ3n) is 6.06. The monoisotopic (exact) mass is 422 g/mol. The first-order valence-electron chi connectivity index (χ1n) is 10.9. The van der Waals surface area contributed by atoms with Crippen LogP contribution in [0.25, 0.3) is 11.1 Å². The van der Waals surface area contributed by atoms with Gasteiger partial charge in [0.05, 0.1) is 10.9 Å². The van der Waals surface area contributed by atoms with Crippen LogP contribution < -0.4 is 16.8 Å². The summed E-state index contributed by atoms with van der Waals surface area (Å²) in [7, 11) is 0. The molecule has 0 spiro atoms. The predicted octanol–water partition coefficient (Wildman–Crippen LogP) is 3.02. The summed E-state index contributed by atoms with van der Waals surface area (Å²) in [5, 5.41) is 3.19. The van der Waals surface area contributed by atoms with E-state index in [0.717, 1.165) is 43.7 Å². The van der Waals surface area contributed by atoms with E-state index < -0.39 is 11.2 Å². The molecule has 164 valence electrons. The maximum Gasteiger partial charge on any atom is 0.417 e. The van der Waals surface area contributed by atoms with Gasteiger partial charge in [0.2, 0.25) is 5.91 Å². The first-order valence-corrected chi connectivity index (χ1v) is 10.9. The second-order valence-corrected chi connectivity index (χ2v) is 8.60. The number of aromatic nitrogens is 1. The van der Waals surface area contributed by atoms with Gasteiger partial charge < -0.3 is 20.4 Å². The number of aromatic amines is 1. The van der Waals surface area contributed by atoms with Crippen LogP contribution in [0.3, 0.4) is 0 Å². The number of nitrogens with two attached hydrogens (primary N) is 1. The second kappa shape index (κ2) is 8.98. The van der Waals surface area contributed by atoms with Crippen molar-refractivity contribution in [3.05, 3.63) is 64.6 Å². The molecule has 0 radical (unpaired) electrons. The summed E-state index contributed by atoms with van der Waals surface area (Å²) in [4.78, 5) is 29.2. The summed E-state index contributed by atoms with van der Waals surface area (Å²) >= 11 is 0. The van der Waals surface area contributed by atoms with E-state index >= 15 is 0 Å². The fourth-order valence-electron chi connectivity index (χ4n) is 4.23. The van der Waals surface area contributed by atoms with Gasteiger partial charge in [0.25, 0.3) is 0 Å². The first-order chi connectivity index (χ1) is 15.0. The van der Waals surface area contributed by atoms with Crippen molar-refractivity contribution in [1.82, 2.24) is 15.2 Å². The number of nitrogens with one attached hydrogen (secondary N) is 2. The quantitative estimate of drug-likeness (QED) is 0.548. The minimum absolute atomic E-state index is 0.0967. The Kier molecular flexibility index (Phi) is 6.13. The number of oxazole rings is 1. The van der Waals surface area contributed by atoms with Crippen LogP contribution in [0.1, 0.15) is 38.2 Å². The molecule has 1 unspecified atom stereocenters. The highest BCUT2D eigenvalue weighted by molar-refractivity contribution is 5.92. The molecule has 1 aliphatic heterocycles. The van der Waals surface area contributed by atoms with Crippen molar-refractivity contribution in [3.63, 3.8) is 0 Å². The van der Waals surface area contributed by atoms with Crippen molar-refractivity contribution in [3.8, 4) is 0 Å². The van der Waals surface area contributed by atoms with Gasteiger partial charge >= 0.3 is 5.76 Å². The first kappa shape index (κ1) is 21.2. The maximum atomic E-state index is 12.8. The lowest BCUT2D eigenvalue weighted by molar-refractivity contribution is -0.124. The topological polar surface area (TPSA) is 104 Å². The Morgan fingerprint density at radius 2 is 1.90 bits per heavy atom. The van der Waals surface area contributed by atoms with Crippen molar-refractivity contribution < 1.29 is 9.21 Å². The van der Waals surface area contributed by atoms with Gasteiger partial charge in [-0.05, 0) is 75.5 Å². The van der Waals surface area contributed by atoms with Gasteiger partial charge in [0, 0.05) is 18.3 Å². The average Bonchev–Trinajstić information content (AvgIpc) is 3.24. The van der Waals surface area contributed by atoms with E-state index in [4.69, 9.17) is 10.2 Å². The smallest absolute Gasteiger partial charge is 0.408 e. The van der Waals surface area contributed by atoms with E-state index in [1.807, 2.05) is 42.5 Å². The summed E-state index contributed by atoms with van der Waals surface area (Å²) < 4.78 is 5.04. The zero-order valence-electron chi connectivity index (χ0n) is 17.9. The molecule has 3 aromatic rings. The van der Waals surface area contributed by atoms with Crippen LogP contribution in [0, 0.1) is 0 Å². The predicted molar refractivity (Wildman–Crippen MR) is 122 cm³/mol. The summed E-state index contributed by atoms with van der Waals surface area (Å²) in [5.41, 5.74) is 7.88. The zero-order chi connectivity index (χ0) is 21.8. The molecule has 0 bridgehead atoms. The molecule has 1 atom stereocenters. The number of nitrogens with zero attached hydrogens (tertiary/aromatic N) is 1. The summed E-state index contributed by atoms with van der Waals surface area (Å²) in [6.45, 7) is 5.25. The minimum atomic E-state index is -0.462. The second-order valence-electron chi connectivity index (χ2n) is 8.60. The number of hydrogen-bond donors (Lipinski definition) is 3. The highest BCUT2D eigenvalue weighted by Crippen LogP contribution is 2.49. The van der Waals surface area contributed by atoms with E-state index in [2.05, 4.69) is 22.1 Å². The van der Waals surface area contributed by atoms with E-state index in [9.17, 15) is 9.59 Å². The number of H-pyrrole nitrogens is 1. The Balaban J connectivity index is 0.000000282. The van der Waals surface area contributed by atoms with E-state index in [-0.39, 0.29) is 11.9 Å². The average molecular weight is 423 g/mol. The van der Waals surface area contributed by atoms with Crippen LogP contribution in [0.5, 0.6) is 0 Å². The Hall–Kier alpha value is -3.06. The molecule has 5 rings (SSSR count). The number of carbonyl (C=O) groups excluding carboxylic acids is 1. The van der Waals surface area contributed by atoms with Crippen LogP contribution in [0.15, 0.2) is 57.7 Å². The standard InChI is InChI=1S/C18H23N3O3.C6H7N/c1-12(11-21-8-2-3-9-21)19-16(22)18(6-7-18)13-4-5-15-14(10-13)20-17(23)24-15;7-6-4-2-1-3-5-6/h4-5,10,12H,2-3,6-9,11H2,1H3,(H,19,22)(H,20,23);1-5H,7H2. The van der Waals surface area contributed by atoms with E-state index in [0.29, 0.717) is 11.1 Å². The summed E-state index contributed by atoms with van der Waals surface area (Å²) in [5.74, 6) is -0.366. The van der Waals surface area contributed by atoms with Crippen LogP contribution in [-0.4, -0.2) is 41.5 Å². The van der Waals surface area contributed by atoms with Crippen molar-refractivity contribution in [1.29, 1.82) is 0 Å². The number of anilines is 1. The number of rotatable bonds is 5. The van der Waals surface area contributed by atoms with Gasteiger partial charge in [0.1, 0.15) is 0 Å². The lowest BCUT2D eigenvalue weighted by Gasteiger charge is -2.24. The maximum absolute atomic E-state index is 12.8. The van der Waals surface area contributed by atoms with Crippen LogP contribution in [0.4, 0.5) is 5.69 Å². The molecule has 1 aromatic heterocycles. The molecule has 1 saturated carbocycles. The van der Waals surface area contributed by atoms with Crippen LogP contribution in [0.2, 0.25) is 0 Å². The van der Waals surface area contributed by atoms with Gasteiger partial charge in [-0.1, -0.05) is 24.3 Å². The van der Waals surface area contributed by atoms with Crippen LogP contribution in [-0.2, 0) is 10.2 Å². The number of benzene rings is 2. The van der Waals surface area contributed by atoms with Gasteiger partial charge in [-0.25, -0.2) is 4.79 Å². The molecule has 4 N–H and O–H groups in total. The Morgan fingerprint density at radius 1 is 1.19 bits per heavy atom. The SMILES string of the molecule is CC(CN1CCCC1)NC(=O)C1(c2ccc3oc(=O)[nH]c3c2)CC1.Nc1ccccc1. The van der Waals surface area contributed by atoms with Crippen molar-refractivity contribution >= 4 is 22.7 Å². The van der Waals surface area contributed by atoms with Gasteiger partial charge in [-0.15, -0.1) is 0 Å². The number of nitrogen functional groups attached to an aromatic ring is 1. The molecular weight excluding hydrogens is 392 g/mol. The molecule has 1 saturated heterocycles. The van der Waals surface area contributed by atoms with Gasteiger partial charge in [-0.2, -0.15) is 0 Å². The normalized spacial score (nSPS) is 18.2. The lowest BCUT2D eigenvalue weighted by Crippen LogP contribution is -2.45. The lowest BCUT2D eigenvalue weighted by atomic mass is 9.94. The zero-order valence-corrected chi connectivity index (χ0v) is 17.9. The van der Waals surface area contributed by atoms with Crippen molar-refractivity contribution in [2.45, 2.75) is 44.1 Å². The highest BCUT2D eigenvalue weighted by atomic mass is 16.4. The third kappa shape index (κ3) is 4.99. The van der Waals surface area contributed by atoms with Crippen molar-refractivity contribution in [2.75, 3.05) is 25.4 Å². The molecular formula is C24H30N4O3. The van der Waals surface area contributed by atoms with Gasteiger partial charge in [0.15, 0.2) is 5.58 Å². The molecule has 1 amide bonds. The van der Waals surface area contributed by atoms with Crippen molar-refractivity contribution in [2.24, 2.45) is 0 Å². The summed E-state index contributed by atoms with van der Waals surface area (Å²) in [6, 6.07) is 15.2. The van der Waals surface area contributed by atoms with E-state index in [1.54, 1.807) is 6.07 Å². The molecule has 7 heteroatoms. The molecule has 2 heterocycles. The molecule has 2 aromatic carbocycles. The number of carbonyl (C=O) groups is 1. The minimum Gasteiger partial charge on any atom is -0.408 e. The molecule has 2 fully saturated rings.